The summed E-state index contributed by atoms with van der Waals surface area (Å²) >= 11 is 0. The summed E-state index contributed by atoms with van der Waals surface area (Å²) in [5.41, 5.74) is 0. The van der Waals surface area contributed by atoms with E-state index in [0.29, 0.717) is 0 Å². The van der Waals surface area contributed by atoms with Crippen molar-refractivity contribution in [1.29, 1.82) is 0 Å². The van der Waals surface area contributed by atoms with E-state index >= 15 is 0 Å². The fraction of sp³-hybridized carbons (Fsp3) is 1.00. The van der Waals surface area contributed by atoms with E-state index in [1.54, 1.807) is 0 Å². The highest BCUT2D eigenvalue weighted by Gasteiger charge is 2.71. The Hall–Kier alpha value is -0.530. The fourth-order valence-corrected chi connectivity index (χ4v) is 0.505. The van der Waals surface area contributed by atoms with Gasteiger partial charge in [0.1, 0.15) is 0 Å². The highest BCUT2D eigenvalue weighted by atomic mass is 19.4. The smallest absolute Gasteiger partial charge is 0.459 e. The minimum Gasteiger partial charge on any atom is -0.660 e. The quantitative estimate of drug-likeness (QED) is 0.638. The largest absolute Gasteiger partial charge is 0.660 e. The molecule has 0 aliphatic rings. The van der Waals surface area contributed by atoms with Gasteiger partial charge in [0, 0.05) is 0 Å². The monoisotopic (exact) mass is 212 g/mol. The molecule has 8 heteroatoms. The van der Waals surface area contributed by atoms with Crippen molar-refractivity contribution in [3.05, 3.63) is 5.32 Å². The molecule has 0 amide bonds. The maximum atomic E-state index is 12.1. The van der Waals surface area contributed by atoms with E-state index in [1.807, 2.05) is 0 Å². The molecule has 13 heavy (non-hydrogen) atoms. The van der Waals surface area contributed by atoms with Crippen LogP contribution in [0.2, 0.25) is 0 Å². The van der Waals surface area contributed by atoms with Crippen molar-refractivity contribution in [2.45, 2.75) is 18.0 Å². The summed E-state index contributed by atoms with van der Waals surface area (Å²) in [7, 11) is 0.723. The van der Waals surface area contributed by atoms with Gasteiger partial charge in [-0.25, -0.2) is 8.78 Å². The maximum Gasteiger partial charge on any atom is 0.459 e. The molecule has 0 unspecified atom stereocenters. The number of nitrogens with zero attached hydrogens (tertiary/aromatic N) is 1. The molecule has 0 aromatic carbocycles. The van der Waals surface area contributed by atoms with E-state index < -0.39 is 24.6 Å². The minimum atomic E-state index is -6.26. The van der Waals surface area contributed by atoms with Crippen LogP contribution in [0.3, 0.4) is 0 Å². The Labute approximate surface area is 68.9 Å². The van der Waals surface area contributed by atoms with Crippen LogP contribution in [0.1, 0.15) is 0 Å². The molecule has 0 fully saturated rings. The minimum absolute atomic E-state index is 0.723. The van der Waals surface area contributed by atoms with Crippen molar-refractivity contribution in [2.75, 3.05) is 13.6 Å². The van der Waals surface area contributed by atoms with Crippen LogP contribution in [0.5, 0.6) is 0 Å². The van der Waals surface area contributed by atoms with Gasteiger partial charge in [-0.1, -0.05) is 6.54 Å². The molecule has 0 rings (SSSR count). The molecule has 0 aromatic heterocycles. The molecular weight excluding hydrogens is 207 g/mol. The fourth-order valence-electron chi connectivity index (χ4n) is 0.505. The van der Waals surface area contributed by atoms with Crippen molar-refractivity contribution in [3.8, 4) is 0 Å². The Kier molecular flexibility index (Phi) is 3.18. The molecule has 0 radical (unpaired) electrons. The molecule has 80 valence electrons. The first kappa shape index (κ1) is 12.5. The second kappa shape index (κ2) is 3.32. The van der Waals surface area contributed by atoms with Gasteiger partial charge in [-0.2, -0.15) is 29.0 Å². The van der Waals surface area contributed by atoms with E-state index in [1.165, 1.54) is 0 Å². The zero-order chi connectivity index (χ0) is 10.9. The van der Waals surface area contributed by atoms with Crippen LogP contribution in [-0.4, -0.2) is 31.6 Å². The van der Waals surface area contributed by atoms with Gasteiger partial charge in [-0.3, -0.25) is 0 Å². The molecule has 0 aromatic rings. The van der Waals surface area contributed by atoms with Gasteiger partial charge < -0.3 is 5.32 Å². The first-order valence-corrected chi connectivity index (χ1v) is 2.94. The number of rotatable bonds is 3. The summed E-state index contributed by atoms with van der Waals surface area (Å²) < 4.78 is 82.3. The van der Waals surface area contributed by atoms with Crippen molar-refractivity contribution in [2.24, 2.45) is 0 Å². The second-order valence-electron chi connectivity index (χ2n) is 2.25. The van der Waals surface area contributed by atoms with Crippen molar-refractivity contribution in [1.82, 2.24) is 0 Å². The summed E-state index contributed by atoms with van der Waals surface area (Å²) in [6, 6.07) is 0. The number of hydrogen-bond donors (Lipinski definition) is 0. The van der Waals surface area contributed by atoms with Crippen LogP contribution in [0.4, 0.5) is 30.7 Å². The van der Waals surface area contributed by atoms with Crippen LogP contribution in [0.25, 0.3) is 5.32 Å². The third-order valence-electron chi connectivity index (χ3n) is 1.17. The van der Waals surface area contributed by atoms with Crippen molar-refractivity contribution >= 4 is 0 Å². The summed E-state index contributed by atoms with van der Waals surface area (Å²) in [5.74, 6) is -11.2. The van der Waals surface area contributed by atoms with E-state index in [-0.39, 0.29) is 0 Å². The zero-order valence-corrected chi connectivity index (χ0v) is 6.30. The third kappa shape index (κ3) is 2.23. The SMILES string of the molecule is C[N-]CC(F)(F)C(F)(F)C(F)(F)F. The van der Waals surface area contributed by atoms with Crippen LogP contribution >= 0.6 is 0 Å². The Morgan fingerprint density at radius 2 is 1.31 bits per heavy atom. The first-order valence-electron chi connectivity index (χ1n) is 2.94. The van der Waals surface area contributed by atoms with Gasteiger partial charge in [0.05, 0.1) is 0 Å². The summed E-state index contributed by atoms with van der Waals surface area (Å²) in [4.78, 5) is 0. The Morgan fingerprint density at radius 1 is 0.923 bits per heavy atom. The lowest BCUT2D eigenvalue weighted by atomic mass is 10.1. The molecular formula is C5H5F7N-. The second-order valence-corrected chi connectivity index (χ2v) is 2.25. The molecule has 0 heterocycles. The normalized spacial score (nSPS) is 14.8. The average molecular weight is 212 g/mol. The predicted octanol–water partition coefficient (Wildman–Crippen LogP) is 2.82. The van der Waals surface area contributed by atoms with Gasteiger partial charge in [-0.05, 0) is 0 Å². The predicted molar refractivity (Wildman–Crippen MR) is 30.1 cm³/mol. The van der Waals surface area contributed by atoms with Crippen LogP contribution in [0.15, 0.2) is 0 Å². The number of alkyl halides is 7. The van der Waals surface area contributed by atoms with Gasteiger partial charge in [0.15, 0.2) is 0 Å². The molecule has 0 aliphatic carbocycles. The molecule has 0 bridgehead atoms. The molecule has 0 saturated heterocycles. The maximum absolute atomic E-state index is 12.1. The van der Waals surface area contributed by atoms with Gasteiger partial charge in [-0.15, -0.1) is 0 Å². The lowest BCUT2D eigenvalue weighted by Gasteiger charge is -2.31. The average Bonchev–Trinajstić information content (AvgIpc) is 1.84. The Balaban J connectivity index is 4.81. The Morgan fingerprint density at radius 3 is 1.54 bits per heavy atom. The zero-order valence-electron chi connectivity index (χ0n) is 6.30. The highest BCUT2D eigenvalue weighted by molar-refractivity contribution is 4.97. The summed E-state index contributed by atoms with van der Waals surface area (Å²) in [5, 5.41) is 2.56. The molecule has 0 spiro atoms. The number of halogens is 7. The molecule has 0 N–H and O–H groups in total. The topological polar surface area (TPSA) is 14.1 Å². The van der Waals surface area contributed by atoms with E-state index in [2.05, 4.69) is 5.32 Å². The molecule has 1 nitrogen and oxygen atoms in total. The third-order valence-corrected chi connectivity index (χ3v) is 1.17. The van der Waals surface area contributed by atoms with Crippen LogP contribution in [-0.2, 0) is 0 Å². The first-order chi connectivity index (χ1) is 5.56. The number of hydrogen-bond acceptors (Lipinski definition) is 0. The lowest BCUT2D eigenvalue weighted by Crippen LogP contribution is -2.53. The van der Waals surface area contributed by atoms with Crippen molar-refractivity contribution < 1.29 is 30.7 Å². The van der Waals surface area contributed by atoms with Crippen molar-refractivity contribution in [3.63, 3.8) is 0 Å². The summed E-state index contributed by atoms with van der Waals surface area (Å²) in [6.07, 6.45) is -6.26. The van der Waals surface area contributed by atoms with E-state index in [0.717, 1.165) is 7.05 Å². The standard InChI is InChI=1S/C5H5F7N/c1-13-2-3(6,7)4(8,9)5(10,11)12/h2H2,1H3/q-1. The van der Waals surface area contributed by atoms with Gasteiger partial charge in [0.2, 0.25) is 0 Å². The van der Waals surface area contributed by atoms with Gasteiger partial charge >= 0.3 is 18.0 Å². The Bertz CT molecular complexity index is 172. The summed E-state index contributed by atoms with van der Waals surface area (Å²) in [6.45, 7) is -1.86. The van der Waals surface area contributed by atoms with Crippen LogP contribution in [0, 0.1) is 0 Å². The van der Waals surface area contributed by atoms with Gasteiger partial charge in [0.25, 0.3) is 0 Å². The van der Waals surface area contributed by atoms with E-state index in [9.17, 15) is 30.7 Å². The van der Waals surface area contributed by atoms with E-state index in [4.69, 9.17) is 0 Å². The molecule has 0 saturated carbocycles. The lowest BCUT2D eigenvalue weighted by molar-refractivity contribution is -0.350. The molecule has 0 aliphatic heterocycles. The molecule has 0 atom stereocenters. The van der Waals surface area contributed by atoms with Crippen LogP contribution < -0.4 is 0 Å². The highest BCUT2D eigenvalue weighted by Crippen LogP contribution is 2.46.